The predicted molar refractivity (Wildman–Crippen MR) is 146 cm³/mol. The molecule has 0 saturated heterocycles. The van der Waals surface area contributed by atoms with Crippen LogP contribution in [0.2, 0.25) is 5.02 Å². The molecule has 1 heteroatoms. The number of fused-ring (bicyclic) bond motifs is 6. The van der Waals surface area contributed by atoms with Crippen LogP contribution in [0.15, 0.2) is 115 Å². The number of hydrogen-bond acceptors (Lipinski definition) is 0. The lowest BCUT2D eigenvalue weighted by molar-refractivity contribution is 0.631. The molecular formula is C34H25Cl. The first-order valence-corrected chi connectivity index (χ1v) is 12.6. The summed E-state index contributed by atoms with van der Waals surface area (Å²) in [5, 5.41) is 0.824. The van der Waals surface area contributed by atoms with Crippen LogP contribution in [-0.4, -0.2) is 0 Å². The van der Waals surface area contributed by atoms with Crippen molar-refractivity contribution in [3.63, 3.8) is 0 Å². The number of halogens is 1. The zero-order valence-corrected chi connectivity index (χ0v) is 20.6. The molecule has 7 rings (SSSR count). The molecule has 0 aliphatic heterocycles. The lowest BCUT2D eigenvalue weighted by Crippen LogP contribution is -2.32. The van der Waals surface area contributed by atoms with E-state index in [1.54, 1.807) is 0 Å². The molecule has 2 aliphatic rings. The van der Waals surface area contributed by atoms with Crippen molar-refractivity contribution in [3.8, 4) is 22.3 Å². The van der Waals surface area contributed by atoms with Crippen LogP contribution in [0.1, 0.15) is 47.2 Å². The molecule has 0 fully saturated rings. The maximum absolute atomic E-state index is 7.00. The Bertz CT molecular complexity index is 1580. The molecule has 0 radical (unpaired) electrons. The highest BCUT2D eigenvalue weighted by Crippen LogP contribution is 2.61. The van der Waals surface area contributed by atoms with Gasteiger partial charge in [0, 0.05) is 16.0 Å². The van der Waals surface area contributed by atoms with Gasteiger partial charge in [-0.2, -0.15) is 0 Å². The van der Waals surface area contributed by atoms with Crippen LogP contribution in [-0.2, 0) is 10.8 Å². The average Bonchev–Trinajstić information content (AvgIpc) is 3.33. The first-order valence-electron chi connectivity index (χ1n) is 12.2. The van der Waals surface area contributed by atoms with Gasteiger partial charge in [-0.1, -0.05) is 135 Å². The van der Waals surface area contributed by atoms with Gasteiger partial charge in [-0.05, 0) is 56.1 Å². The minimum Gasteiger partial charge on any atom is -0.0837 e. The van der Waals surface area contributed by atoms with Crippen molar-refractivity contribution in [2.45, 2.75) is 24.7 Å². The third kappa shape index (κ3) is 2.53. The summed E-state index contributed by atoms with van der Waals surface area (Å²) in [6.45, 7) is 4.70. The normalized spacial score (nSPS) is 15.7. The molecule has 0 spiro atoms. The van der Waals surface area contributed by atoms with E-state index in [1.165, 1.54) is 55.6 Å². The lowest BCUT2D eigenvalue weighted by atomic mass is 9.63. The van der Waals surface area contributed by atoms with E-state index < -0.39 is 5.41 Å². The average molecular weight is 469 g/mol. The molecule has 0 N–H and O–H groups in total. The first-order chi connectivity index (χ1) is 17.1. The van der Waals surface area contributed by atoms with Gasteiger partial charge in [0.2, 0.25) is 0 Å². The Morgan fingerprint density at radius 3 is 1.63 bits per heavy atom. The van der Waals surface area contributed by atoms with E-state index in [0.717, 1.165) is 5.02 Å². The van der Waals surface area contributed by atoms with Gasteiger partial charge in [0.15, 0.2) is 0 Å². The standard InChI is InChI=1S/C34H25Cl/c1-33(2)26-17-9-8-16-25(26)31-30(35)21-20-29(32(31)33)34(22-12-4-3-5-13-22)27-18-10-6-14-23(27)24-15-7-11-19-28(24)34/h3-21H,1-2H3. The molecular weight excluding hydrogens is 444 g/mol. The molecule has 0 heterocycles. The van der Waals surface area contributed by atoms with Crippen molar-refractivity contribution >= 4 is 11.6 Å². The highest BCUT2D eigenvalue weighted by molar-refractivity contribution is 6.34. The van der Waals surface area contributed by atoms with Crippen molar-refractivity contribution in [3.05, 3.63) is 154 Å². The molecule has 0 nitrogen and oxygen atoms in total. The van der Waals surface area contributed by atoms with Crippen LogP contribution in [0.3, 0.4) is 0 Å². The second-order valence-electron chi connectivity index (χ2n) is 10.2. The van der Waals surface area contributed by atoms with Crippen LogP contribution in [0.5, 0.6) is 0 Å². The summed E-state index contributed by atoms with van der Waals surface area (Å²) in [5.41, 5.74) is 12.4. The maximum Gasteiger partial charge on any atom is 0.0716 e. The largest absolute Gasteiger partial charge is 0.0837 e. The van der Waals surface area contributed by atoms with Gasteiger partial charge in [-0.25, -0.2) is 0 Å². The molecule has 0 bridgehead atoms. The van der Waals surface area contributed by atoms with E-state index in [1.807, 2.05) is 0 Å². The van der Waals surface area contributed by atoms with Crippen LogP contribution in [0, 0.1) is 0 Å². The second kappa shape index (κ2) is 7.20. The molecule has 0 atom stereocenters. The van der Waals surface area contributed by atoms with E-state index in [2.05, 4.69) is 129 Å². The molecule has 2 aliphatic carbocycles. The Morgan fingerprint density at radius 1 is 0.486 bits per heavy atom. The Labute approximate surface area is 211 Å². The minimum atomic E-state index is -0.428. The first kappa shape index (κ1) is 20.7. The van der Waals surface area contributed by atoms with E-state index in [4.69, 9.17) is 11.6 Å². The third-order valence-corrected chi connectivity index (χ3v) is 8.53. The molecule has 5 aromatic rings. The zero-order chi connectivity index (χ0) is 23.8. The second-order valence-corrected chi connectivity index (χ2v) is 10.6. The summed E-state index contributed by atoms with van der Waals surface area (Å²) < 4.78 is 0. The molecule has 168 valence electrons. The summed E-state index contributed by atoms with van der Waals surface area (Å²) in [6, 6.07) is 42.0. The Balaban J connectivity index is 1.70. The summed E-state index contributed by atoms with van der Waals surface area (Å²) in [5.74, 6) is 0. The Morgan fingerprint density at radius 2 is 1.00 bits per heavy atom. The highest BCUT2D eigenvalue weighted by atomic mass is 35.5. The molecule has 0 saturated carbocycles. The van der Waals surface area contributed by atoms with Crippen molar-refractivity contribution in [1.29, 1.82) is 0 Å². The van der Waals surface area contributed by atoms with Crippen molar-refractivity contribution in [2.75, 3.05) is 0 Å². The fraction of sp³-hybridized carbons (Fsp3) is 0.118. The molecule has 0 unspecified atom stereocenters. The molecule has 5 aromatic carbocycles. The van der Waals surface area contributed by atoms with Crippen LogP contribution < -0.4 is 0 Å². The Hall–Kier alpha value is -3.61. The van der Waals surface area contributed by atoms with Gasteiger partial charge in [0.05, 0.1) is 5.41 Å². The van der Waals surface area contributed by atoms with Gasteiger partial charge in [0.25, 0.3) is 0 Å². The van der Waals surface area contributed by atoms with Gasteiger partial charge < -0.3 is 0 Å². The smallest absolute Gasteiger partial charge is 0.0716 e. The van der Waals surface area contributed by atoms with Gasteiger partial charge >= 0.3 is 0 Å². The van der Waals surface area contributed by atoms with Crippen molar-refractivity contribution in [1.82, 2.24) is 0 Å². The van der Waals surface area contributed by atoms with E-state index in [0.29, 0.717) is 0 Å². The fourth-order valence-corrected chi connectivity index (χ4v) is 7.12. The monoisotopic (exact) mass is 468 g/mol. The lowest BCUT2D eigenvalue weighted by Gasteiger charge is -2.38. The molecule has 0 amide bonds. The van der Waals surface area contributed by atoms with Gasteiger partial charge in [0.1, 0.15) is 0 Å². The molecule has 35 heavy (non-hydrogen) atoms. The predicted octanol–water partition coefficient (Wildman–Crippen LogP) is 9.01. The zero-order valence-electron chi connectivity index (χ0n) is 19.8. The van der Waals surface area contributed by atoms with Crippen LogP contribution in [0.25, 0.3) is 22.3 Å². The van der Waals surface area contributed by atoms with Gasteiger partial charge in [-0.15, -0.1) is 0 Å². The van der Waals surface area contributed by atoms with Crippen LogP contribution >= 0.6 is 11.6 Å². The van der Waals surface area contributed by atoms with E-state index in [-0.39, 0.29) is 5.41 Å². The summed E-state index contributed by atoms with van der Waals surface area (Å²) >= 11 is 7.00. The number of rotatable bonds is 2. The maximum atomic E-state index is 7.00. The van der Waals surface area contributed by atoms with Crippen LogP contribution in [0.4, 0.5) is 0 Å². The fourth-order valence-electron chi connectivity index (χ4n) is 6.86. The molecule has 0 aromatic heterocycles. The highest BCUT2D eigenvalue weighted by Gasteiger charge is 2.50. The third-order valence-electron chi connectivity index (χ3n) is 8.21. The number of hydrogen-bond donors (Lipinski definition) is 0. The topological polar surface area (TPSA) is 0 Å². The SMILES string of the molecule is CC1(C)c2ccccc2-c2c(Cl)ccc(C3(c4ccccc4)c4ccccc4-c4ccccc43)c21. The van der Waals surface area contributed by atoms with E-state index >= 15 is 0 Å². The quantitative estimate of drug-likeness (QED) is 0.238. The summed E-state index contributed by atoms with van der Waals surface area (Å²) in [6.07, 6.45) is 0. The number of benzene rings is 5. The van der Waals surface area contributed by atoms with Crippen molar-refractivity contribution in [2.24, 2.45) is 0 Å². The summed E-state index contributed by atoms with van der Waals surface area (Å²) in [7, 11) is 0. The Kier molecular flexibility index (Phi) is 4.26. The minimum absolute atomic E-state index is 0.180. The van der Waals surface area contributed by atoms with Gasteiger partial charge in [-0.3, -0.25) is 0 Å². The van der Waals surface area contributed by atoms with Crippen molar-refractivity contribution < 1.29 is 0 Å². The summed E-state index contributed by atoms with van der Waals surface area (Å²) in [4.78, 5) is 0. The van der Waals surface area contributed by atoms with E-state index in [9.17, 15) is 0 Å².